The number of aromatic nitrogens is 2. The summed E-state index contributed by atoms with van der Waals surface area (Å²) < 4.78 is 1.95. The second-order valence-corrected chi connectivity index (χ2v) is 5.81. The van der Waals surface area contributed by atoms with Crippen LogP contribution in [0, 0.1) is 6.92 Å². The Balaban J connectivity index is 1.89. The molecule has 2 aromatic heterocycles. The summed E-state index contributed by atoms with van der Waals surface area (Å²) in [6.45, 7) is 2.85. The highest BCUT2D eigenvalue weighted by molar-refractivity contribution is 7.15. The fourth-order valence-corrected chi connectivity index (χ4v) is 3.04. The largest absolute Gasteiger partial charge is 0.390 e. The lowest BCUT2D eigenvalue weighted by atomic mass is 10.1. The number of anilines is 1. The smallest absolute Gasteiger partial charge is 0.195 e. The molecule has 0 bridgehead atoms. The summed E-state index contributed by atoms with van der Waals surface area (Å²) in [5, 5.41) is 11.6. The van der Waals surface area contributed by atoms with Crippen molar-refractivity contribution >= 4 is 22.1 Å². The molecule has 0 unspecified atom stereocenters. The number of fused-ring (bicyclic) bond motifs is 1. The minimum atomic E-state index is -0.00846. The second kappa shape index (κ2) is 5.26. The number of benzene rings is 1. The van der Waals surface area contributed by atoms with Crippen LogP contribution >= 0.6 is 11.3 Å². The predicted octanol–water partition coefficient (Wildman–Crippen LogP) is 2.83. The molecule has 0 amide bonds. The molecule has 104 valence electrons. The molecule has 1 aromatic carbocycles. The molecular formula is C15H17N3OS. The van der Waals surface area contributed by atoms with Gasteiger partial charge >= 0.3 is 0 Å². The van der Waals surface area contributed by atoms with Gasteiger partial charge in [0.05, 0.1) is 12.3 Å². The molecule has 0 fully saturated rings. The van der Waals surface area contributed by atoms with Crippen molar-refractivity contribution in [1.29, 1.82) is 0 Å². The lowest BCUT2D eigenvalue weighted by Gasteiger charge is -2.18. The van der Waals surface area contributed by atoms with E-state index in [9.17, 15) is 5.11 Å². The van der Waals surface area contributed by atoms with Crippen molar-refractivity contribution < 1.29 is 5.11 Å². The first-order valence-electron chi connectivity index (χ1n) is 6.51. The number of aliphatic hydroxyl groups is 1. The van der Waals surface area contributed by atoms with Crippen molar-refractivity contribution in [3.8, 4) is 0 Å². The molecule has 20 heavy (non-hydrogen) atoms. The van der Waals surface area contributed by atoms with Crippen molar-refractivity contribution in [2.45, 2.75) is 20.1 Å². The van der Waals surface area contributed by atoms with Gasteiger partial charge in [-0.3, -0.25) is 4.40 Å². The molecular weight excluding hydrogens is 270 g/mol. The molecule has 1 N–H and O–H groups in total. The Morgan fingerprint density at radius 3 is 2.75 bits per heavy atom. The lowest BCUT2D eigenvalue weighted by molar-refractivity contribution is 0.276. The van der Waals surface area contributed by atoms with Crippen LogP contribution in [0.1, 0.15) is 16.8 Å². The maximum atomic E-state index is 9.59. The molecule has 4 nitrogen and oxygen atoms in total. The monoisotopic (exact) mass is 287 g/mol. The van der Waals surface area contributed by atoms with Crippen molar-refractivity contribution in [2.75, 3.05) is 11.9 Å². The van der Waals surface area contributed by atoms with Crippen molar-refractivity contribution in [1.82, 2.24) is 9.38 Å². The molecule has 0 aliphatic rings. The van der Waals surface area contributed by atoms with Gasteiger partial charge in [-0.2, -0.15) is 0 Å². The molecule has 0 atom stereocenters. The topological polar surface area (TPSA) is 40.8 Å². The fraction of sp³-hybridized carbons (Fsp3) is 0.267. The van der Waals surface area contributed by atoms with Gasteiger partial charge in [-0.15, -0.1) is 11.3 Å². The number of rotatable bonds is 4. The van der Waals surface area contributed by atoms with Gasteiger partial charge in [0.2, 0.25) is 0 Å². The van der Waals surface area contributed by atoms with Crippen molar-refractivity contribution in [2.24, 2.45) is 0 Å². The number of aliphatic hydroxyl groups excluding tert-OH is 1. The maximum absolute atomic E-state index is 9.59. The zero-order valence-corrected chi connectivity index (χ0v) is 12.4. The van der Waals surface area contributed by atoms with E-state index in [1.165, 1.54) is 11.1 Å². The van der Waals surface area contributed by atoms with Gasteiger partial charge in [0.1, 0.15) is 0 Å². The van der Waals surface area contributed by atoms with Crippen LogP contribution in [0.2, 0.25) is 0 Å². The van der Waals surface area contributed by atoms with E-state index in [4.69, 9.17) is 0 Å². The maximum Gasteiger partial charge on any atom is 0.195 e. The summed E-state index contributed by atoms with van der Waals surface area (Å²) >= 11 is 1.58. The van der Waals surface area contributed by atoms with Crippen molar-refractivity contribution in [3.63, 3.8) is 0 Å². The van der Waals surface area contributed by atoms with E-state index in [0.717, 1.165) is 23.0 Å². The number of aryl methyl sites for hydroxylation is 1. The van der Waals surface area contributed by atoms with Crippen LogP contribution in [-0.2, 0) is 13.2 Å². The highest BCUT2D eigenvalue weighted by Crippen LogP contribution is 2.25. The van der Waals surface area contributed by atoms with Gasteiger partial charge in [-0.1, -0.05) is 29.8 Å². The van der Waals surface area contributed by atoms with Crippen LogP contribution in [0.3, 0.4) is 0 Å². The highest BCUT2D eigenvalue weighted by atomic mass is 32.1. The van der Waals surface area contributed by atoms with Crippen LogP contribution in [0.5, 0.6) is 0 Å². The highest BCUT2D eigenvalue weighted by Gasteiger charge is 2.15. The fourth-order valence-electron chi connectivity index (χ4n) is 2.32. The average molecular weight is 287 g/mol. The number of hydrogen-bond acceptors (Lipinski definition) is 4. The Kier molecular flexibility index (Phi) is 3.46. The minimum absolute atomic E-state index is 0.00846. The molecule has 3 aromatic rings. The first kappa shape index (κ1) is 13.1. The standard InChI is InChI=1S/C15H17N3OS/c1-11-3-5-12(6-4-11)9-17(2)14-13(10-19)18-7-8-20-15(18)16-14/h3-8,19H,9-10H2,1-2H3. The Bertz CT molecular complexity index is 714. The zero-order chi connectivity index (χ0) is 14.1. The van der Waals surface area contributed by atoms with E-state index in [-0.39, 0.29) is 6.61 Å². The molecule has 0 spiro atoms. The van der Waals surface area contributed by atoms with E-state index in [1.807, 2.05) is 23.0 Å². The molecule has 0 saturated carbocycles. The lowest BCUT2D eigenvalue weighted by Crippen LogP contribution is -2.18. The minimum Gasteiger partial charge on any atom is -0.390 e. The molecule has 3 rings (SSSR count). The van der Waals surface area contributed by atoms with Crippen LogP contribution < -0.4 is 4.90 Å². The van der Waals surface area contributed by atoms with Crippen molar-refractivity contribution in [3.05, 3.63) is 52.7 Å². The second-order valence-electron chi connectivity index (χ2n) is 4.94. The van der Waals surface area contributed by atoms with Gasteiger partial charge in [-0.05, 0) is 12.5 Å². The third kappa shape index (κ3) is 2.30. The summed E-state index contributed by atoms with van der Waals surface area (Å²) in [5.74, 6) is 0.847. The van der Waals surface area contributed by atoms with E-state index in [0.29, 0.717) is 0 Å². The summed E-state index contributed by atoms with van der Waals surface area (Å²) in [6.07, 6.45) is 1.95. The first-order valence-corrected chi connectivity index (χ1v) is 7.39. The molecule has 0 aliphatic heterocycles. The molecule has 0 aliphatic carbocycles. The number of imidazole rings is 1. The zero-order valence-electron chi connectivity index (χ0n) is 11.6. The van der Waals surface area contributed by atoms with Crippen LogP contribution in [-0.4, -0.2) is 21.5 Å². The van der Waals surface area contributed by atoms with Crippen LogP contribution in [0.15, 0.2) is 35.8 Å². The Hall–Kier alpha value is -1.85. The molecule has 2 heterocycles. The van der Waals surface area contributed by atoms with E-state index in [1.54, 1.807) is 11.3 Å². The van der Waals surface area contributed by atoms with Gasteiger partial charge in [0.25, 0.3) is 0 Å². The summed E-state index contributed by atoms with van der Waals surface area (Å²) in [6, 6.07) is 8.48. The quantitative estimate of drug-likeness (QED) is 0.802. The SMILES string of the molecule is Cc1ccc(CN(C)c2nc3sccn3c2CO)cc1. The van der Waals surface area contributed by atoms with E-state index < -0.39 is 0 Å². The van der Waals surface area contributed by atoms with Gasteiger partial charge in [0, 0.05) is 25.2 Å². The van der Waals surface area contributed by atoms with Gasteiger partial charge < -0.3 is 10.0 Å². The summed E-state index contributed by atoms with van der Waals surface area (Å²) in [5.41, 5.74) is 3.34. The first-order chi connectivity index (χ1) is 9.69. The average Bonchev–Trinajstić information content (AvgIpc) is 3.01. The summed E-state index contributed by atoms with van der Waals surface area (Å²) in [7, 11) is 2.01. The van der Waals surface area contributed by atoms with Crippen LogP contribution in [0.4, 0.5) is 5.82 Å². The third-order valence-corrected chi connectivity index (χ3v) is 4.15. The van der Waals surface area contributed by atoms with Crippen LogP contribution in [0.25, 0.3) is 4.96 Å². The normalized spacial score (nSPS) is 11.2. The number of nitrogens with zero attached hydrogens (tertiary/aromatic N) is 3. The Morgan fingerprint density at radius 1 is 1.30 bits per heavy atom. The number of hydrogen-bond donors (Lipinski definition) is 1. The van der Waals surface area contributed by atoms with Gasteiger partial charge in [0.15, 0.2) is 10.8 Å². The van der Waals surface area contributed by atoms with Gasteiger partial charge in [-0.25, -0.2) is 4.98 Å². The predicted molar refractivity (Wildman–Crippen MR) is 82.3 cm³/mol. The Labute approximate surface area is 121 Å². The third-order valence-electron chi connectivity index (χ3n) is 3.39. The molecule has 5 heteroatoms. The van der Waals surface area contributed by atoms with E-state index in [2.05, 4.69) is 41.1 Å². The molecule has 0 radical (unpaired) electrons. The Morgan fingerprint density at radius 2 is 2.05 bits per heavy atom. The number of thiazole rings is 1. The molecule has 0 saturated heterocycles. The summed E-state index contributed by atoms with van der Waals surface area (Å²) in [4.78, 5) is 7.60. The van der Waals surface area contributed by atoms with E-state index >= 15 is 0 Å².